The molecule has 0 atom stereocenters. The summed E-state index contributed by atoms with van der Waals surface area (Å²) in [6.07, 6.45) is 0. The van der Waals surface area contributed by atoms with Crippen molar-refractivity contribution >= 4 is 5.91 Å². The van der Waals surface area contributed by atoms with Crippen LogP contribution in [0.1, 0.15) is 15.9 Å². The Morgan fingerprint density at radius 2 is 2.14 bits per heavy atom. The zero-order valence-corrected chi connectivity index (χ0v) is 12.7. The van der Waals surface area contributed by atoms with E-state index in [-0.39, 0.29) is 12.5 Å². The highest BCUT2D eigenvalue weighted by molar-refractivity contribution is 5.96. The van der Waals surface area contributed by atoms with E-state index in [0.717, 1.165) is 13.1 Å². The van der Waals surface area contributed by atoms with Crippen molar-refractivity contribution in [3.05, 3.63) is 35.4 Å². The summed E-state index contributed by atoms with van der Waals surface area (Å²) in [6.45, 7) is 3.15. The van der Waals surface area contributed by atoms with Crippen LogP contribution in [0, 0.1) is 11.8 Å². The first-order valence-corrected chi connectivity index (χ1v) is 6.92. The molecule has 5 nitrogen and oxygen atoms in total. The van der Waals surface area contributed by atoms with E-state index >= 15 is 0 Å². The average molecular weight is 289 g/mol. The number of nitrogens with two attached hydrogens (primary N) is 1. The van der Waals surface area contributed by atoms with Gasteiger partial charge in [0.05, 0.1) is 18.7 Å². The first kappa shape index (κ1) is 17.2. The molecule has 1 amide bonds. The zero-order chi connectivity index (χ0) is 15.5. The number of ether oxygens (including phenoxy) is 1. The molecule has 3 N–H and O–H groups in total. The summed E-state index contributed by atoms with van der Waals surface area (Å²) in [5.41, 5.74) is 6.65. The van der Waals surface area contributed by atoms with Crippen LogP contribution in [-0.2, 0) is 4.74 Å². The maximum Gasteiger partial charge on any atom is 0.252 e. The van der Waals surface area contributed by atoms with E-state index in [1.165, 1.54) is 0 Å². The predicted octanol–water partition coefficient (Wildman–Crippen LogP) is 0.305. The van der Waals surface area contributed by atoms with Gasteiger partial charge in [0.1, 0.15) is 0 Å². The molecule has 0 radical (unpaired) electrons. The third-order valence-corrected chi connectivity index (χ3v) is 2.95. The van der Waals surface area contributed by atoms with Crippen LogP contribution in [-0.4, -0.2) is 57.8 Å². The van der Waals surface area contributed by atoms with Crippen molar-refractivity contribution in [2.75, 3.05) is 46.9 Å². The molecular weight excluding hydrogens is 266 g/mol. The fraction of sp³-hybridized carbons (Fsp3) is 0.438. The Kier molecular flexibility index (Phi) is 8.14. The van der Waals surface area contributed by atoms with Crippen LogP contribution in [0.3, 0.4) is 0 Å². The van der Waals surface area contributed by atoms with Crippen molar-refractivity contribution in [2.45, 2.75) is 0 Å². The minimum atomic E-state index is -0.114. The highest BCUT2D eigenvalue weighted by atomic mass is 16.5. The van der Waals surface area contributed by atoms with Crippen LogP contribution in [0.5, 0.6) is 0 Å². The second kappa shape index (κ2) is 9.94. The molecule has 0 saturated carbocycles. The van der Waals surface area contributed by atoms with E-state index < -0.39 is 0 Å². The summed E-state index contributed by atoms with van der Waals surface area (Å²) in [5, 5.41) is 2.90. The SMILES string of the molecule is COCCN(C)CCNC(=O)c1ccccc1C#CCN. The molecule has 1 aromatic carbocycles. The molecule has 1 rings (SSSR count). The zero-order valence-electron chi connectivity index (χ0n) is 12.7. The molecule has 0 heterocycles. The van der Waals surface area contributed by atoms with Gasteiger partial charge in [-0.15, -0.1) is 0 Å². The first-order valence-electron chi connectivity index (χ1n) is 6.92. The number of hydrogen-bond donors (Lipinski definition) is 2. The van der Waals surface area contributed by atoms with Gasteiger partial charge < -0.3 is 20.7 Å². The van der Waals surface area contributed by atoms with E-state index in [9.17, 15) is 4.79 Å². The van der Waals surface area contributed by atoms with Gasteiger partial charge in [-0.1, -0.05) is 24.0 Å². The molecule has 0 bridgehead atoms. The molecule has 0 aliphatic carbocycles. The quantitative estimate of drug-likeness (QED) is 0.709. The predicted molar refractivity (Wildman–Crippen MR) is 84.1 cm³/mol. The molecule has 0 unspecified atom stereocenters. The Morgan fingerprint density at radius 1 is 1.38 bits per heavy atom. The monoisotopic (exact) mass is 289 g/mol. The standard InChI is InChI=1S/C16H23N3O2/c1-19(12-13-21-2)11-10-18-16(20)15-8-4-3-6-14(15)7-5-9-17/h3-4,6,8H,9-13,17H2,1-2H3,(H,18,20). The summed E-state index contributed by atoms with van der Waals surface area (Å²) in [6, 6.07) is 7.27. The fourth-order valence-corrected chi connectivity index (χ4v) is 1.75. The molecule has 0 aliphatic rings. The lowest BCUT2D eigenvalue weighted by atomic mass is 10.1. The number of benzene rings is 1. The highest BCUT2D eigenvalue weighted by Crippen LogP contribution is 2.06. The Morgan fingerprint density at radius 3 is 2.86 bits per heavy atom. The second-order valence-electron chi connectivity index (χ2n) is 4.60. The normalized spacial score (nSPS) is 10.1. The van der Waals surface area contributed by atoms with Gasteiger partial charge in [0, 0.05) is 32.3 Å². The van der Waals surface area contributed by atoms with Crippen molar-refractivity contribution in [1.29, 1.82) is 0 Å². The van der Waals surface area contributed by atoms with Crippen LogP contribution in [0.2, 0.25) is 0 Å². The summed E-state index contributed by atoms with van der Waals surface area (Å²) >= 11 is 0. The third-order valence-electron chi connectivity index (χ3n) is 2.95. The summed E-state index contributed by atoms with van der Waals surface area (Å²) < 4.78 is 5.01. The fourth-order valence-electron chi connectivity index (χ4n) is 1.75. The van der Waals surface area contributed by atoms with Gasteiger partial charge >= 0.3 is 0 Å². The third kappa shape index (κ3) is 6.41. The maximum absolute atomic E-state index is 12.2. The van der Waals surface area contributed by atoms with Crippen molar-refractivity contribution in [1.82, 2.24) is 10.2 Å². The van der Waals surface area contributed by atoms with Gasteiger partial charge in [-0.3, -0.25) is 4.79 Å². The van der Waals surface area contributed by atoms with E-state index in [4.69, 9.17) is 10.5 Å². The van der Waals surface area contributed by atoms with Gasteiger partial charge in [0.15, 0.2) is 0 Å². The molecular formula is C16H23N3O2. The Balaban J connectivity index is 2.52. The molecule has 1 aromatic rings. The average Bonchev–Trinajstić information content (AvgIpc) is 2.51. The minimum Gasteiger partial charge on any atom is -0.383 e. The van der Waals surface area contributed by atoms with Crippen LogP contribution in [0.4, 0.5) is 0 Å². The number of carbonyl (C=O) groups excluding carboxylic acids is 1. The number of carbonyl (C=O) groups is 1. The van der Waals surface area contributed by atoms with Crippen molar-refractivity contribution in [3.8, 4) is 11.8 Å². The lowest BCUT2D eigenvalue weighted by Gasteiger charge is -2.16. The lowest BCUT2D eigenvalue weighted by Crippen LogP contribution is -2.34. The highest BCUT2D eigenvalue weighted by Gasteiger charge is 2.09. The van der Waals surface area contributed by atoms with Crippen LogP contribution in [0.25, 0.3) is 0 Å². The number of methoxy groups -OCH3 is 1. The number of hydrogen-bond acceptors (Lipinski definition) is 4. The van der Waals surface area contributed by atoms with Crippen molar-refractivity contribution in [3.63, 3.8) is 0 Å². The van der Waals surface area contributed by atoms with Crippen molar-refractivity contribution < 1.29 is 9.53 Å². The molecule has 21 heavy (non-hydrogen) atoms. The number of likely N-dealkylation sites (N-methyl/N-ethyl adjacent to an activating group) is 1. The lowest BCUT2D eigenvalue weighted by molar-refractivity contribution is 0.0947. The Bertz CT molecular complexity index is 506. The smallest absolute Gasteiger partial charge is 0.252 e. The number of nitrogens with zero attached hydrogens (tertiary/aromatic N) is 1. The maximum atomic E-state index is 12.2. The second-order valence-corrected chi connectivity index (χ2v) is 4.60. The topological polar surface area (TPSA) is 67.6 Å². The van der Waals surface area contributed by atoms with Crippen LogP contribution in [0.15, 0.2) is 24.3 Å². The van der Waals surface area contributed by atoms with Crippen LogP contribution >= 0.6 is 0 Å². The molecule has 0 aromatic heterocycles. The number of nitrogens with one attached hydrogen (secondary N) is 1. The Labute approximate surface area is 126 Å². The first-order chi connectivity index (χ1) is 10.2. The van der Waals surface area contributed by atoms with Crippen LogP contribution < -0.4 is 11.1 Å². The molecule has 5 heteroatoms. The molecule has 114 valence electrons. The van der Waals surface area contributed by atoms with Gasteiger partial charge in [0.2, 0.25) is 0 Å². The summed E-state index contributed by atoms with van der Waals surface area (Å²) in [5.74, 6) is 5.58. The minimum absolute atomic E-state index is 0.114. The summed E-state index contributed by atoms with van der Waals surface area (Å²) in [4.78, 5) is 14.3. The summed E-state index contributed by atoms with van der Waals surface area (Å²) in [7, 11) is 3.67. The molecule has 0 saturated heterocycles. The number of amides is 1. The largest absolute Gasteiger partial charge is 0.383 e. The molecule has 0 aliphatic heterocycles. The van der Waals surface area contributed by atoms with E-state index in [0.29, 0.717) is 24.3 Å². The van der Waals surface area contributed by atoms with Gasteiger partial charge in [-0.05, 0) is 19.2 Å². The van der Waals surface area contributed by atoms with E-state index in [2.05, 4.69) is 22.1 Å². The van der Waals surface area contributed by atoms with Gasteiger partial charge in [-0.25, -0.2) is 0 Å². The molecule has 0 spiro atoms. The Hall–Kier alpha value is -1.87. The van der Waals surface area contributed by atoms with Crippen molar-refractivity contribution in [2.24, 2.45) is 5.73 Å². The molecule has 0 fully saturated rings. The van der Waals surface area contributed by atoms with Gasteiger partial charge in [0.25, 0.3) is 5.91 Å². The van der Waals surface area contributed by atoms with E-state index in [1.807, 2.05) is 25.2 Å². The number of rotatable bonds is 7. The van der Waals surface area contributed by atoms with Gasteiger partial charge in [-0.2, -0.15) is 0 Å². The van der Waals surface area contributed by atoms with E-state index in [1.54, 1.807) is 13.2 Å².